The highest BCUT2D eigenvalue weighted by Gasteiger charge is 2.37. The van der Waals surface area contributed by atoms with E-state index in [2.05, 4.69) is 10.2 Å². The number of hydrogen-bond donors (Lipinski definition) is 1. The Morgan fingerprint density at radius 3 is 2.94 bits per heavy atom. The highest BCUT2D eigenvalue weighted by atomic mass is 16.5. The Balaban J connectivity index is 2.20. The normalized spacial score (nSPS) is 19.4. The van der Waals surface area contributed by atoms with Crippen molar-refractivity contribution in [2.45, 2.75) is 24.8 Å². The van der Waals surface area contributed by atoms with E-state index in [1.165, 1.54) is 0 Å². The Morgan fingerprint density at radius 2 is 2.29 bits per heavy atom. The molecule has 0 amide bonds. The molecule has 1 saturated heterocycles. The van der Waals surface area contributed by atoms with Crippen molar-refractivity contribution in [2.24, 2.45) is 5.73 Å². The molecule has 0 aliphatic carbocycles. The second kappa shape index (κ2) is 5.57. The fourth-order valence-corrected chi connectivity index (χ4v) is 2.30. The van der Waals surface area contributed by atoms with Crippen molar-refractivity contribution in [2.75, 3.05) is 33.5 Å². The Hall–Kier alpha value is -0.980. The molecule has 0 unspecified atom stereocenters. The molecule has 0 bridgehead atoms. The van der Waals surface area contributed by atoms with E-state index in [0.717, 1.165) is 38.4 Å². The molecule has 6 nitrogen and oxygen atoms in total. The van der Waals surface area contributed by atoms with Crippen LogP contribution >= 0.6 is 0 Å². The van der Waals surface area contributed by atoms with Gasteiger partial charge in [0.25, 0.3) is 0 Å². The molecule has 2 heterocycles. The van der Waals surface area contributed by atoms with Crippen LogP contribution in [0.1, 0.15) is 18.7 Å². The first-order valence-electron chi connectivity index (χ1n) is 5.97. The first kappa shape index (κ1) is 12.5. The summed E-state index contributed by atoms with van der Waals surface area (Å²) in [6.45, 7) is 3.49. The molecule has 17 heavy (non-hydrogen) atoms. The van der Waals surface area contributed by atoms with Crippen LogP contribution in [-0.4, -0.2) is 48.2 Å². The van der Waals surface area contributed by atoms with Gasteiger partial charge in [0.05, 0.1) is 6.61 Å². The average molecular weight is 240 g/mol. The lowest BCUT2D eigenvalue weighted by Crippen LogP contribution is -2.43. The van der Waals surface area contributed by atoms with Gasteiger partial charge in [-0.1, -0.05) is 0 Å². The van der Waals surface area contributed by atoms with Gasteiger partial charge in [0.15, 0.2) is 0 Å². The first-order valence-corrected chi connectivity index (χ1v) is 5.97. The summed E-state index contributed by atoms with van der Waals surface area (Å²) in [5.74, 6) is 0.973. The second-order valence-corrected chi connectivity index (χ2v) is 4.44. The van der Waals surface area contributed by atoms with E-state index in [9.17, 15) is 0 Å². The number of hydrogen-bond acceptors (Lipinski definition) is 5. The summed E-state index contributed by atoms with van der Waals surface area (Å²) in [6, 6.07) is 0. The van der Waals surface area contributed by atoms with E-state index < -0.39 is 0 Å². The zero-order valence-corrected chi connectivity index (χ0v) is 10.3. The predicted molar refractivity (Wildman–Crippen MR) is 62.7 cm³/mol. The number of ether oxygens (including phenoxy) is 2. The number of methoxy groups -OCH3 is 1. The lowest BCUT2D eigenvalue weighted by Gasteiger charge is -2.35. The number of aromatic nitrogens is 3. The molecular formula is C11H20N4O2. The molecule has 2 rings (SSSR count). The van der Waals surface area contributed by atoms with Crippen LogP contribution in [0.15, 0.2) is 6.33 Å². The molecule has 0 aromatic carbocycles. The molecule has 1 aromatic rings. The van der Waals surface area contributed by atoms with Crippen LogP contribution < -0.4 is 5.73 Å². The van der Waals surface area contributed by atoms with Gasteiger partial charge in [-0.05, 0) is 12.8 Å². The Labute approximate surface area is 101 Å². The van der Waals surface area contributed by atoms with Gasteiger partial charge >= 0.3 is 0 Å². The first-order chi connectivity index (χ1) is 8.32. The van der Waals surface area contributed by atoms with Crippen molar-refractivity contribution in [1.82, 2.24) is 14.8 Å². The third-order valence-corrected chi connectivity index (χ3v) is 3.47. The van der Waals surface area contributed by atoms with Crippen LogP contribution in [0.4, 0.5) is 0 Å². The highest BCUT2D eigenvalue weighted by molar-refractivity contribution is 5.10. The molecular weight excluding hydrogens is 220 g/mol. The summed E-state index contributed by atoms with van der Waals surface area (Å²) >= 11 is 0. The average Bonchev–Trinajstić information content (AvgIpc) is 2.86. The molecule has 2 N–H and O–H groups in total. The topological polar surface area (TPSA) is 75.2 Å². The molecule has 1 aromatic heterocycles. The van der Waals surface area contributed by atoms with Crippen molar-refractivity contribution >= 4 is 0 Å². The smallest absolute Gasteiger partial charge is 0.140 e. The summed E-state index contributed by atoms with van der Waals surface area (Å²) in [5.41, 5.74) is 5.88. The third kappa shape index (κ3) is 2.48. The van der Waals surface area contributed by atoms with E-state index in [-0.39, 0.29) is 5.41 Å². The summed E-state index contributed by atoms with van der Waals surface area (Å²) in [5, 5.41) is 8.26. The van der Waals surface area contributed by atoms with Crippen LogP contribution in [0.3, 0.4) is 0 Å². The third-order valence-electron chi connectivity index (χ3n) is 3.47. The number of nitrogens with zero attached hydrogens (tertiary/aromatic N) is 3. The Morgan fingerprint density at radius 1 is 1.53 bits per heavy atom. The van der Waals surface area contributed by atoms with Crippen molar-refractivity contribution in [3.8, 4) is 0 Å². The van der Waals surface area contributed by atoms with Crippen molar-refractivity contribution in [3.63, 3.8) is 0 Å². The van der Waals surface area contributed by atoms with Gasteiger partial charge in [-0.15, -0.1) is 10.2 Å². The maximum absolute atomic E-state index is 5.96. The molecule has 0 atom stereocenters. The zero-order valence-electron chi connectivity index (χ0n) is 10.3. The fraction of sp³-hybridized carbons (Fsp3) is 0.818. The van der Waals surface area contributed by atoms with Gasteiger partial charge in [-0.2, -0.15) is 0 Å². The highest BCUT2D eigenvalue weighted by Crippen LogP contribution is 2.32. The largest absolute Gasteiger partial charge is 0.383 e. The Bertz CT molecular complexity index is 347. The van der Waals surface area contributed by atoms with Crippen molar-refractivity contribution < 1.29 is 9.47 Å². The van der Waals surface area contributed by atoms with Crippen LogP contribution in [-0.2, 0) is 21.4 Å². The van der Waals surface area contributed by atoms with Crippen LogP contribution in [0.25, 0.3) is 0 Å². The number of nitrogens with two attached hydrogens (primary N) is 1. The monoisotopic (exact) mass is 240 g/mol. The van der Waals surface area contributed by atoms with E-state index in [1.54, 1.807) is 13.4 Å². The molecule has 0 spiro atoms. The maximum Gasteiger partial charge on any atom is 0.140 e. The molecule has 0 radical (unpaired) electrons. The van der Waals surface area contributed by atoms with Gasteiger partial charge in [0, 0.05) is 38.8 Å². The molecule has 96 valence electrons. The van der Waals surface area contributed by atoms with E-state index >= 15 is 0 Å². The lowest BCUT2D eigenvalue weighted by atomic mass is 9.79. The quantitative estimate of drug-likeness (QED) is 0.780. The second-order valence-electron chi connectivity index (χ2n) is 4.44. The van der Waals surface area contributed by atoms with Gasteiger partial charge < -0.3 is 19.8 Å². The van der Waals surface area contributed by atoms with Crippen LogP contribution in [0.2, 0.25) is 0 Å². The van der Waals surface area contributed by atoms with Crippen LogP contribution in [0, 0.1) is 0 Å². The van der Waals surface area contributed by atoms with Gasteiger partial charge in [0.2, 0.25) is 0 Å². The standard InChI is InChI=1S/C11H20N4O2/c1-16-7-4-15-9-13-14-10(15)11(8-12)2-5-17-6-3-11/h9H,2-8,12H2,1H3. The molecule has 1 aliphatic rings. The van der Waals surface area contributed by atoms with E-state index in [1.807, 2.05) is 4.57 Å². The minimum Gasteiger partial charge on any atom is -0.383 e. The summed E-state index contributed by atoms with van der Waals surface area (Å²) in [4.78, 5) is 0. The van der Waals surface area contributed by atoms with Crippen LogP contribution in [0.5, 0.6) is 0 Å². The molecule has 6 heteroatoms. The summed E-state index contributed by atoms with van der Waals surface area (Å²) in [7, 11) is 1.69. The molecule has 1 fully saturated rings. The minimum atomic E-state index is -0.0809. The fourth-order valence-electron chi connectivity index (χ4n) is 2.30. The van der Waals surface area contributed by atoms with E-state index in [0.29, 0.717) is 13.2 Å². The van der Waals surface area contributed by atoms with Gasteiger partial charge in [-0.3, -0.25) is 0 Å². The van der Waals surface area contributed by atoms with Gasteiger partial charge in [-0.25, -0.2) is 0 Å². The van der Waals surface area contributed by atoms with Crippen molar-refractivity contribution in [3.05, 3.63) is 12.2 Å². The van der Waals surface area contributed by atoms with E-state index in [4.69, 9.17) is 15.2 Å². The predicted octanol–water partition coefficient (Wildman–Crippen LogP) is -0.0686. The Kier molecular flexibility index (Phi) is 4.09. The van der Waals surface area contributed by atoms with Gasteiger partial charge in [0.1, 0.15) is 12.2 Å². The number of rotatable bonds is 5. The van der Waals surface area contributed by atoms with Crippen molar-refractivity contribution in [1.29, 1.82) is 0 Å². The SMILES string of the molecule is COCCn1cnnc1C1(CN)CCOCC1. The molecule has 1 aliphatic heterocycles. The molecule has 0 saturated carbocycles. The zero-order chi connectivity index (χ0) is 12.1. The summed E-state index contributed by atoms with van der Waals surface area (Å²) < 4.78 is 12.5. The maximum atomic E-state index is 5.96. The minimum absolute atomic E-state index is 0.0809. The lowest BCUT2D eigenvalue weighted by molar-refractivity contribution is 0.0480. The summed E-state index contributed by atoms with van der Waals surface area (Å²) in [6.07, 6.45) is 3.57.